The highest BCUT2D eigenvalue weighted by molar-refractivity contribution is 6.33. The molecule has 1 aliphatic heterocycles. The molecule has 2 aromatic carbocycles. The van der Waals surface area contributed by atoms with Crippen LogP contribution in [0.25, 0.3) is 16.6 Å². The van der Waals surface area contributed by atoms with Crippen LogP contribution in [-0.2, 0) is 17.5 Å². The highest BCUT2D eigenvalue weighted by Gasteiger charge is 2.31. The number of nitrogens with one attached hydrogen (secondary N) is 2. The number of anilines is 3. The smallest absolute Gasteiger partial charge is 0.382 e. The van der Waals surface area contributed by atoms with Gasteiger partial charge in [-0.2, -0.15) is 18.3 Å². The Bertz CT molecular complexity index is 1520. The van der Waals surface area contributed by atoms with Gasteiger partial charge in [-0.05, 0) is 48.4 Å². The first-order chi connectivity index (χ1) is 18.6. The molecule has 3 heterocycles. The first-order valence-electron chi connectivity index (χ1n) is 12.1. The van der Waals surface area contributed by atoms with Gasteiger partial charge in [-0.1, -0.05) is 23.7 Å². The minimum atomic E-state index is -4.56. The van der Waals surface area contributed by atoms with E-state index in [4.69, 9.17) is 22.1 Å². The molecule has 0 unspecified atom stereocenters. The topological polar surface area (TPSA) is 110 Å². The average molecular weight is 560 g/mol. The van der Waals surface area contributed by atoms with Crippen molar-refractivity contribution in [2.45, 2.75) is 19.6 Å². The van der Waals surface area contributed by atoms with Gasteiger partial charge in [0.2, 0.25) is 0 Å². The van der Waals surface area contributed by atoms with Crippen molar-refractivity contribution in [2.24, 2.45) is 0 Å². The monoisotopic (exact) mass is 559 g/mol. The molecule has 0 atom stereocenters. The third-order valence-electron chi connectivity index (χ3n) is 6.57. The van der Waals surface area contributed by atoms with Gasteiger partial charge >= 0.3 is 12.2 Å². The van der Waals surface area contributed by atoms with Gasteiger partial charge in [-0.15, -0.1) is 0 Å². The average Bonchev–Trinajstić information content (AvgIpc) is 3.18. The summed E-state index contributed by atoms with van der Waals surface area (Å²) in [7, 11) is 0. The van der Waals surface area contributed by atoms with E-state index in [-0.39, 0.29) is 10.7 Å². The molecule has 0 bridgehead atoms. The molecule has 9 nitrogen and oxygen atoms in total. The molecule has 0 spiro atoms. The number of nitrogens with zero attached hydrogens (tertiary/aromatic N) is 4. The third-order valence-corrected chi connectivity index (χ3v) is 6.90. The second-order valence-corrected chi connectivity index (χ2v) is 9.50. The van der Waals surface area contributed by atoms with Crippen molar-refractivity contribution < 1.29 is 22.7 Å². The van der Waals surface area contributed by atoms with Crippen LogP contribution in [0, 0.1) is 6.92 Å². The zero-order valence-electron chi connectivity index (χ0n) is 20.8. The number of nitrogens with two attached hydrogens (primary N) is 1. The summed E-state index contributed by atoms with van der Waals surface area (Å²) >= 11 is 5.98. The number of nitrogen functional groups attached to an aromatic ring is 1. The molecule has 5 rings (SSSR count). The first-order valence-corrected chi connectivity index (χ1v) is 12.5. The predicted octanol–water partition coefficient (Wildman–Crippen LogP) is 5.44. The van der Waals surface area contributed by atoms with Crippen molar-refractivity contribution in [3.63, 3.8) is 0 Å². The standard InChI is InChI=1S/C26H25ClF3N7O2/c1-15-21(13-36-8-10-39-11-9-36)37-23(24(31)32-14-33-37)22(15)16-2-5-18(6-3-16)34-25(38)35-20-12-17(26(28,29)30)4-7-19(20)27/h2-7,12,14H,8-11,13H2,1H3,(H2,31,32,33)(H2,34,35,38). The van der Waals surface area contributed by atoms with Crippen LogP contribution >= 0.6 is 11.6 Å². The number of morpholine rings is 1. The number of urea groups is 1. The summed E-state index contributed by atoms with van der Waals surface area (Å²) < 4.78 is 46.4. The van der Waals surface area contributed by atoms with E-state index < -0.39 is 17.8 Å². The molecule has 0 radical (unpaired) electrons. The largest absolute Gasteiger partial charge is 0.416 e. The van der Waals surface area contributed by atoms with Gasteiger partial charge in [0.25, 0.3) is 0 Å². The SMILES string of the molecule is Cc1c(-c2ccc(NC(=O)Nc3cc(C(F)(F)F)ccc3Cl)cc2)c2c(N)ncnn2c1CN1CCOCC1. The number of benzene rings is 2. The molecule has 4 aromatic rings. The lowest BCUT2D eigenvalue weighted by molar-refractivity contribution is -0.137. The molecule has 1 fully saturated rings. The van der Waals surface area contributed by atoms with Crippen LogP contribution in [0.1, 0.15) is 16.8 Å². The Kier molecular flexibility index (Phi) is 7.34. The molecular weight excluding hydrogens is 535 g/mol. The maximum Gasteiger partial charge on any atom is 0.416 e. The number of fused-ring (bicyclic) bond motifs is 1. The minimum absolute atomic E-state index is 0.0164. The van der Waals surface area contributed by atoms with Crippen molar-refractivity contribution in [1.82, 2.24) is 19.5 Å². The van der Waals surface area contributed by atoms with Crippen molar-refractivity contribution in [2.75, 3.05) is 42.7 Å². The van der Waals surface area contributed by atoms with Crippen LogP contribution < -0.4 is 16.4 Å². The summed E-state index contributed by atoms with van der Waals surface area (Å²) in [6.07, 6.45) is -3.14. The Labute approximate surface area is 226 Å². The van der Waals surface area contributed by atoms with Crippen LogP contribution in [-0.4, -0.2) is 51.8 Å². The van der Waals surface area contributed by atoms with Crippen LogP contribution in [0.5, 0.6) is 0 Å². The Morgan fingerprint density at radius 3 is 2.54 bits per heavy atom. The number of hydrogen-bond acceptors (Lipinski definition) is 6. The highest BCUT2D eigenvalue weighted by atomic mass is 35.5. The van der Waals surface area contributed by atoms with E-state index in [9.17, 15) is 18.0 Å². The fourth-order valence-corrected chi connectivity index (χ4v) is 4.76. The lowest BCUT2D eigenvalue weighted by atomic mass is 10.0. The van der Waals surface area contributed by atoms with Crippen molar-refractivity contribution >= 4 is 40.3 Å². The maximum atomic E-state index is 13.0. The lowest BCUT2D eigenvalue weighted by Crippen LogP contribution is -2.36. The quantitative estimate of drug-likeness (QED) is 0.301. The summed E-state index contributed by atoms with van der Waals surface area (Å²) in [5, 5.41) is 9.43. The summed E-state index contributed by atoms with van der Waals surface area (Å²) in [6, 6.07) is 9.00. The van der Waals surface area contributed by atoms with Gasteiger partial charge in [0.1, 0.15) is 11.8 Å². The molecule has 39 heavy (non-hydrogen) atoms. The van der Waals surface area contributed by atoms with Gasteiger partial charge < -0.3 is 21.1 Å². The second-order valence-electron chi connectivity index (χ2n) is 9.09. The molecule has 1 aliphatic rings. The molecule has 204 valence electrons. The summed E-state index contributed by atoms with van der Waals surface area (Å²) in [6.45, 7) is 5.67. The molecule has 0 saturated carbocycles. The van der Waals surface area contributed by atoms with Gasteiger partial charge in [0.15, 0.2) is 5.82 Å². The fraction of sp³-hybridized carbons (Fsp3) is 0.269. The number of hydrogen-bond donors (Lipinski definition) is 3. The van der Waals surface area contributed by atoms with E-state index in [2.05, 4.69) is 25.6 Å². The van der Waals surface area contributed by atoms with Gasteiger partial charge in [0, 0.05) is 30.9 Å². The predicted molar refractivity (Wildman–Crippen MR) is 143 cm³/mol. The van der Waals surface area contributed by atoms with Crippen LogP contribution in [0.15, 0.2) is 48.8 Å². The molecule has 1 saturated heterocycles. The second kappa shape index (κ2) is 10.7. The number of halogens is 4. The summed E-state index contributed by atoms with van der Waals surface area (Å²) in [5.74, 6) is 0.343. The summed E-state index contributed by atoms with van der Waals surface area (Å²) in [5.41, 5.74) is 10.0. The molecule has 4 N–H and O–H groups in total. The van der Waals surface area contributed by atoms with E-state index in [0.29, 0.717) is 36.8 Å². The fourth-order valence-electron chi connectivity index (χ4n) is 4.60. The Morgan fingerprint density at radius 1 is 1.13 bits per heavy atom. The van der Waals surface area contributed by atoms with Crippen LogP contribution in [0.3, 0.4) is 0 Å². The lowest BCUT2D eigenvalue weighted by Gasteiger charge is -2.26. The first kappa shape index (κ1) is 26.7. The Hall–Kier alpha value is -3.87. The van der Waals surface area contributed by atoms with E-state index in [1.165, 1.54) is 6.33 Å². The van der Waals surface area contributed by atoms with Crippen LogP contribution in [0.2, 0.25) is 5.02 Å². The number of aromatic nitrogens is 3. The number of carbonyl (C=O) groups excluding carboxylic acids is 1. The molecule has 13 heteroatoms. The number of carbonyl (C=O) groups is 1. The number of alkyl halides is 3. The third kappa shape index (κ3) is 5.63. The normalized spacial score (nSPS) is 14.5. The molecule has 2 aromatic heterocycles. The molecule has 2 amide bonds. The maximum absolute atomic E-state index is 13.0. The molecular formula is C26H25ClF3N7O2. The number of amides is 2. The van der Waals surface area contributed by atoms with E-state index in [1.807, 2.05) is 23.6 Å². The van der Waals surface area contributed by atoms with Crippen molar-refractivity contribution in [3.05, 3.63) is 70.6 Å². The Balaban J connectivity index is 1.38. The van der Waals surface area contributed by atoms with Gasteiger partial charge in [-0.25, -0.2) is 14.3 Å². The highest BCUT2D eigenvalue weighted by Crippen LogP contribution is 2.36. The summed E-state index contributed by atoms with van der Waals surface area (Å²) in [4.78, 5) is 19.0. The zero-order valence-corrected chi connectivity index (χ0v) is 21.6. The number of rotatable bonds is 5. The minimum Gasteiger partial charge on any atom is -0.382 e. The van der Waals surface area contributed by atoms with Gasteiger partial charge in [0.05, 0.1) is 35.2 Å². The van der Waals surface area contributed by atoms with Gasteiger partial charge in [-0.3, -0.25) is 4.90 Å². The van der Waals surface area contributed by atoms with Crippen molar-refractivity contribution in [1.29, 1.82) is 0 Å². The van der Waals surface area contributed by atoms with Crippen LogP contribution in [0.4, 0.5) is 35.2 Å². The Morgan fingerprint density at radius 2 is 1.85 bits per heavy atom. The molecule has 0 aliphatic carbocycles. The van der Waals surface area contributed by atoms with E-state index in [0.717, 1.165) is 53.7 Å². The van der Waals surface area contributed by atoms with E-state index in [1.54, 1.807) is 12.1 Å². The zero-order chi connectivity index (χ0) is 27.7. The van der Waals surface area contributed by atoms with Crippen molar-refractivity contribution in [3.8, 4) is 11.1 Å². The van der Waals surface area contributed by atoms with E-state index >= 15 is 0 Å². The number of ether oxygens (including phenoxy) is 1.